The van der Waals surface area contributed by atoms with Gasteiger partial charge in [0.1, 0.15) is 17.2 Å². The van der Waals surface area contributed by atoms with Crippen LogP contribution in [0.4, 0.5) is 5.82 Å². The van der Waals surface area contributed by atoms with Crippen molar-refractivity contribution in [1.82, 2.24) is 9.97 Å². The molecule has 5 heteroatoms. The fourth-order valence-electron chi connectivity index (χ4n) is 2.88. The molecule has 0 atom stereocenters. The first-order valence-electron chi connectivity index (χ1n) is 7.80. The lowest BCUT2D eigenvalue weighted by Gasteiger charge is -2.30. The summed E-state index contributed by atoms with van der Waals surface area (Å²) < 4.78 is 0. The molecule has 1 saturated carbocycles. The maximum atomic E-state index is 11.8. The number of hydrogen-bond acceptors (Lipinski definition) is 4. The summed E-state index contributed by atoms with van der Waals surface area (Å²) in [5, 5.41) is 12.9. The SMILES string of the molecule is Cc1cc(NC2(C(=O)O)CCCCCC2)nc(C(C)C)n1. The molecule has 1 aliphatic rings. The van der Waals surface area contributed by atoms with Gasteiger partial charge in [-0.15, -0.1) is 0 Å². The molecule has 1 fully saturated rings. The van der Waals surface area contributed by atoms with E-state index in [1.165, 1.54) is 0 Å². The van der Waals surface area contributed by atoms with Gasteiger partial charge in [0.25, 0.3) is 0 Å². The van der Waals surface area contributed by atoms with Gasteiger partial charge < -0.3 is 10.4 Å². The van der Waals surface area contributed by atoms with Crippen LogP contribution in [0.15, 0.2) is 6.07 Å². The largest absolute Gasteiger partial charge is 0.480 e. The summed E-state index contributed by atoms with van der Waals surface area (Å²) in [5.74, 6) is 0.842. The van der Waals surface area contributed by atoms with Gasteiger partial charge >= 0.3 is 5.97 Å². The molecule has 2 N–H and O–H groups in total. The van der Waals surface area contributed by atoms with Crippen LogP contribution in [0.25, 0.3) is 0 Å². The number of anilines is 1. The predicted molar refractivity (Wildman–Crippen MR) is 82.5 cm³/mol. The second-order valence-corrected chi connectivity index (χ2v) is 6.33. The number of nitrogens with zero attached hydrogens (tertiary/aromatic N) is 2. The van der Waals surface area contributed by atoms with E-state index in [1.807, 2.05) is 26.8 Å². The molecule has 2 rings (SSSR count). The van der Waals surface area contributed by atoms with Crippen LogP contribution in [-0.4, -0.2) is 26.6 Å². The fourth-order valence-corrected chi connectivity index (χ4v) is 2.88. The first-order chi connectivity index (χ1) is 9.93. The highest BCUT2D eigenvalue weighted by atomic mass is 16.4. The first kappa shape index (κ1) is 15.7. The maximum absolute atomic E-state index is 11.8. The second kappa shape index (κ2) is 6.41. The number of nitrogens with one attached hydrogen (secondary N) is 1. The van der Waals surface area contributed by atoms with Crippen LogP contribution in [0, 0.1) is 6.92 Å². The van der Waals surface area contributed by atoms with Crippen molar-refractivity contribution in [3.8, 4) is 0 Å². The number of aryl methyl sites for hydroxylation is 1. The highest BCUT2D eigenvalue weighted by Crippen LogP contribution is 2.31. The number of rotatable bonds is 4. The van der Waals surface area contributed by atoms with Crippen LogP contribution in [0.2, 0.25) is 0 Å². The Kier molecular flexibility index (Phi) is 4.80. The van der Waals surface area contributed by atoms with Gasteiger partial charge in [0.15, 0.2) is 0 Å². The van der Waals surface area contributed by atoms with E-state index in [4.69, 9.17) is 0 Å². The third-order valence-electron chi connectivity index (χ3n) is 4.12. The molecule has 0 aromatic carbocycles. The third-order valence-corrected chi connectivity index (χ3v) is 4.12. The summed E-state index contributed by atoms with van der Waals surface area (Å²) in [6.45, 7) is 5.99. The lowest BCUT2D eigenvalue weighted by atomic mass is 9.90. The molecular formula is C16H25N3O2. The second-order valence-electron chi connectivity index (χ2n) is 6.33. The van der Waals surface area contributed by atoms with Crippen molar-refractivity contribution in [2.75, 3.05) is 5.32 Å². The summed E-state index contributed by atoms with van der Waals surface area (Å²) in [7, 11) is 0. The van der Waals surface area contributed by atoms with Crippen molar-refractivity contribution < 1.29 is 9.90 Å². The minimum atomic E-state index is -0.883. The van der Waals surface area contributed by atoms with Crippen LogP contribution >= 0.6 is 0 Å². The summed E-state index contributed by atoms with van der Waals surface area (Å²) in [6, 6.07) is 1.83. The summed E-state index contributed by atoms with van der Waals surface area (Å²) in [6.07, 6.45) is 5.42. The Hall–Kier alpha value is -1.65. The van der Waals surface area contributed by atoms with E-state index < -0.39 is 11.5 Å². The molecule has 0 radical (unpaired) electrons. The minimum absolute atomic E-state index is 0.223. The van der Waals surface area contributed by atoms with Gasteiger partial charge in [-0.1, -0.05) is 39.5 Å². The van der Waals surface area contributed by atoms with Crippen molar-refractivity contribution in [3.05, 3.63) is 17.6 Å². The summed E-state index contributed by atoms with van der Waals surface area (Å²) in [4.78, 5) is 20.7. The van der Waals surface area contributed by atoms with E-state index in [1.54, 1.807) is 0 Å². The molecule has 0 bridgehead atoms. The Labute approximate surface area is 126 Å². The number of carboxylic acid groups (broad SMARTS) is 1. The van der Waals surface area contributed by atoms with Gasteiger partial charge in [-0.3, -0.25) is 0 Å². The molecule has 1 heterocycles. The molecule has 116 valence electrons. The molecule has 1 aliphatic carbocycles. The van der Waals surface area contributed by atoms with Crippen LogP contribution in [-0.2, 0) is 4.79 Å². The molecule has 0 unspecified atom stereocenters. The summed E-state index contributed by atoms with van der Waals surface area (Å²) in [5.41, 5.74) is -0.0173. The molecule has 0 spiro atoms. The molecule has 1 aromatic heterocycles. The van der Waals surface area contributed by atoms with Crippen LogP contribution in [0.5, 0.6) is 0 Å². The molecule has 0 aliphatic heterocycles. The van der Waals surface area contributed by atoms with Gasteiger partial charge in [0, 0.05) is 17.7 Å². The Morgan fingerprint density at radius 2 is 1.86 bits per heavy atom. The van der Waals surface area contributed by atoms with Gasteiger partial charge in [-0.25, -0.2) is 14.8 Å². The van der Waals surface area contributed by atoms with Crippen molar-refractivity contribution in [2.45, 2.75) is 70.8 Å². The molecule has 1 aromatic rings. The minimum Gasteiger partial charge on any atom is -0.480 e. The monoisotopic (exact) mass is 291 g/mol. The molecule has 0 saturated heterocycles. The van der Waals surface area contributed by atoms with E-state index in [0.29, 0.717) is 18.7 Å². The number of carboxylic acids is 1. The Balaban J connectivity index is 2.30. The lowest BCUT2D eigenvalue weighted by Crippen LogP contribution is -2.46. The smallest absolute Gasteiger partial charge is 0.329 e. The first-order valence-corrected chi connectivity index (χ1v) is 7.80. The lowest BCUT2D eigenvalue weighted by molar-refractivity contribution is -0.142. The average molecular weight is 291 g/mol. The van der Waals surface area contributed by atoms with Crippen molar-refractivity contribution in [3.63, 3.8) is 0 Å². The molecular weight excluding hydrogens is 266 g/mol. The Bertz CT molecular complexity index is 506. The topological polar surface area (TPSA) is 75.1 Å². The zero-order chi connectivity index (χ0) is 15.5. The van der Waals surface area contributed by atoms with Crippen LogP contribution in [0.1, 0.15) is 69.8 Å². The van der Waals surface area contributed by atoms with Gasteiger partial charge in [0.05, 0.1) is 0 Å². The standard InChI is InChI=1S/C16H25N3O2/c1-11(2)14-17-12(3)10-13(18-14)19-16(15(20)21)8-6-4-5-7-9-16/h10-11H,4-9H2,1-3H3,(H,20,21)(H,17,18,19). The van der Waals surface area contributed by atoms with Crippen molar-refractivity contribution in [1.29, 1.82) is 0 Å². The molecule has 0 amide bonds. The highest BCUT2D eigenvalue weighted by Gasteiger charge is 2.39. The van der Waals surface area contributed by atoms with E-state index in [2.05, 4.69) is 15.3 Å². The average Bonchev–Trinajstić information content (AvgIpc) is 2.64. The van der Waals surface area contributed by atoms with Gasteiger partial charge in [-0.2, -0.15) is 0 Å². The normalized spacial score (nSPS) is 18.3. The van der Waals surface area contributed by atoms with Gasteiger partial charge in [0.2, 0.25) is 0 Å². The Morgan fingerprint density at radius 3 is 2.38 bits per heavy atom. The number of aliphatic carboxylic acids is 1. The highest BCUT2D eigenvalue weighted by molar-refractivity contribution is 5.82. The fraction of sp³-hybridized carbons (Fsp3) is 0.688. The number of carbonyl (C=O) groups is 1. The molecule has 5 nitrogen and oxygen atoms in total. The van der Waals surface area contributed by atoms with E-state index in [0.717, 1.165) is 37.2 Å². The predicted octanol–water partition coefficient (Wildman–Crippen LogP) is 3.50. The van der Waals surface area contributed by atoms with Crippen molar-refractivity contribution in [2.24, 2.45) is 0 Å². The summed E-state index contributed by atoms with van der Waals surface area (Å²) >= 11 is 0. The Morgan fingerprint density at radius 1 is 1.24 bits per heavy atom. The van der Waals surface area contributed by atoms with Crippen LogP contribution < -0.4 is 5.32 Å². The van der Waals surface area contributed by atoms with E-state index >= 15 is 0 Å². The van der Waals surface area contributed by atoms with Crippen molar-refractivity contribution >= 4 is 11.8 Å². The zero-order valence-electron chi connectivity index (χ0n) is 13.1. The number of hydrogen-bond donors (Lipinski definition) is 2. The van der Waals surface area contributed by atoms with Gasteiger partial charge in [-0.05, 0) is 19.8 Å². The van der Waals surface area contributed by atoms with E-state index in [9.17, 15) is 9.90 Å². The van der Waals surface area contributed by atoms with E-state index in [-0.39, 0.29) is 5.92 Å². The quantitative estimate of drug-likeness (QED) is 0.830. The zero-order valence-corrected chi connectivity index (χ0v) is 13.1. The number of aromatic nitrogens is 2. The maximum Gasteiger partial charge on any atom is 0.329 e. The third kappa shape index (κ3) is 3.71. The molecule has 21 heavy (non-hydrogen) atoms. The van der Waals surface area contributed by atoms with Crippen LogP contribution in [0.3, 0.4) is 0 Å².